The third-order valence-corrected chi connectivity index (χ3v) is 3.36. The fourth-order valence-electron chi connectivity index (χ4n) is 2.37. The van der Waals surface area contributed by atoms with Gasteiger partial charge < -0.3 is 20.1 Å². The topological polar surface area (TPSA) is 81.2 Å². The van der Waals surface area contributed by atoms with Crippen molar-refractivity contribution in [3.05, 3.63) is 0 Å². The lowest BCUT2D eigenvalue weighted by atomic mass is 9.94. The molecule has 1 aliphatic heterocycles. The molecule has 118 valence electrons. The molecule has 2 rings (SSSR count). The lowest BCUT2D eigenvalue weighted by Gasteiger charge is -2.35. The third-order valence-electron chi connectivity index (χ3n) is 3.36. The molecule has 2 heterocycles. The summed E-state index contributed by atoms with van der Waals surface area (Å²) in [6.07, 6.45) is 2.86. The predicted octanol–water partition coefficient (Wildman–Crippen LogP) is 2.07. The highest BCUT2D eigenvalue weighted by atomic mass is 16.5. The Bertz CT molecular complexity index is 467. The van der Waals surface area contributed by atoms with Gasteiger partial charge >= 0.3 is 6.01 Å². The number of nitrogens with zero attached hydrogens (tertiary/aromatic N) is 3. The van der Waals surface area contributed by atoms with E-state index in [-0.39, 0.29) is 5.60 Å². The highest BCUT2D eigenvalue weighted by Gasteiger charge is 2.29. The molecular formula is C14H25N5O2. The normalized spacial score (nSPS) is 20.9. The average Bonchev–Trinajstić information content (AvgIpc) is 2.43. The second-order valence-corrected chi connectivity index (χ2v) is 5.84. The van der Waals surface area contributed by atoms with Crippen molar-refractivity contribution in [2.75, 3.05) is 30.9 Å². The maximum absolute atomic E-state index is 5.72. The van der Waals surface area contributed by atoms with Crippen molar-refractivity contribution in [3.63, 3.8) is 0 Å². The van der Waals surface area contributed by atoms with E-state index in [9.17, 15) is 0 Å². The molecule has 0 spiro atoms. The van der Waals surface area contributed by atoms with Gasteiger partial charge in [-0.05, 0) is 33.1 Å². The molecule has 1 atom stereocenters. The molecule has 2 N–H and O–H groups in total. The number of aromatic nitrogens is 3. The molecule has 7 heteroatoms. The van der Waals surface area contributed by atoms with E-state index in [4.69, 9.17) is 9.47 Å². The van der Waals surface area contributed by atoms with Crippen LogP contribution in [0.15, 0.2) is 0 Å². The molecule has 1 aromatic rings. The van der Waals surface area contributed by atoms with Crippen LogP contribution >= 0.6 is 0 Å². The molecule has 0 saturated carbocycles. The van der Waals surface area contributed by atoms with E-state index in [1.165, 1.54) is 0 Å². The van der Waals surface area contributed by atoms with Crippen molar-refractivity contribution < 1.29 is 9.47 Å². The minimum Gasteiger partial charge on any atom is -0.467 e. The van der Waals surface area contributed by atoms with Gasteiger partial charge in [0.1, 0.15) is 0 Å². The second kappa shape index (κ2) is 6.89. The average molecular weight is 295 g/mol. The molecule has 0 amide bonds. The Hall–Kier alpha value is -1.63. The van der Waals surface area contributed by atoms with Crippen molar-refractivity contribution in [1.29, 1.82) is 0 Å². The fourth-order valence-corrected chi connectivity index (χ4v) is 2.37. The number of hydrogen-bond acceptors (Lipinski definition) is 7. The molecule has 1 unspecified atom stereocenters. The van der Waals surface area contributed by atoms with Gasteiger partial charge in [-0.2, -0.15) is 15.0 Å². The van der Waals surface area contributed by atoms with Crippen LogP contribution in [-0.2, 0) is 4.74 Å². The number of hydrogen-bond donors (Lipinski definition) is 2. The Kier molecular flexibility index (Phi) is 5.17. The number of rotatable bonds is 6. The van der Waals surface area contributed by atoms with Gasteiger partial charge in [-0.25, -0.2) is 0 Å². The van der Waals surface area contributed by atoms with Gasteiger partial charge in [-0.3, -0.25) is 0 Å². The molecule has 1 aliphatic rings. The minimum absolute atomic E-state index is 0.115. The molecule has 7 nitrogen and oxygen atoms in total. The molecule has 0 bridgehead atoms. The summed E-state index contributed by atoms with van der Waals surface area (Å²) in [4.78, 5) is 12.9. The van der Waals surface area contributed by atoms with Crippen LogP contribution in [-0.4, -0.2) is 46.9 Å². The first-order chi connectivity index (χ1) is 10.0. The first-order valence-electron chi connectivity index (χ1n) is 7.47. The quantitative estimate of drug-likeness (QED) is 0.831. The van der Waals surface area contributed by atoms with E-state index in [0.717, 1.165) is 32.4 Å². The lowest BCUT2D eigenvalue weighted by molar-refractivity contribution is -0.0554. The van der Waals surface area contributed by atoms with Crippen molar-refractivity contribution >= 4 is 11.9 Å². The maximum atomic E-state index is 5.72. The number of ether oxygens (including phenoxy) is 2. The van der Waals surface area contributed by atoms with E-state index < -0.39 is 0 Å². The first kappa shape index (κ1) is 15.8. The summed E-state index contributed by atoms with van der Waals surface area (Å²) in [6.45, 7) is 7.85. The highest BCUT2D eigenvalue weighted by molar-refractivity contribution is 5.36. The highest BCUT2D eigenvalue weighted by Crippen LogP contribution is 2.26. The SMILES string of the molecule is CCCNc1nc(NC2CCOC(C)(C)C2)nc(OC)n1. The number of nitrogens with one attached hydrogen (secondary N) is 2. The molecule has 0 aliphatic carbocycles. The molecule has 1 fully saturated rings. The van der Waals surface area contributed by atoms with Crippen LogP contribution in [0, 0.1) is 0 Å². The van der Waals surface area contributed by atoms with Crippen LogP contribution in [0.25, 0.3) is 0 Å². The van der Waals surface area contributed by atoms with Gasteiger partial charge in [0.2, 0.25) is 11.9 Å². The summed E-state index contributed by atoms with van der Waals surface area (Å²) in [5, 5.41) is 6.52. The van der Waals surface area contributed by atoms with Crippen LogP contribution in [0.5, 0.6) is 6.01 Å². The Morgan fingerprint density at radius 1 is 1.29 bits per heavy atom. The van der Waals surface area contributed by atoms with Gasteiger partial charge in [0.05, 0.1) is 12.7 Å². The largest absolute Gasteiger partial charge is 0.467 e. The molecular weight excluding hydrogens is 270 g/mol. The van der Waals surface area contributed by atoms with Crippen molar-refractivity contribution in [1.82, 2.24) is 15.0 Å². The summed E-state index contributed by atoms with van der Waals surface area (Å²) >= 11 is 0. The number of methoxy groups -OCH3 is 1. The van der Waals surface area contributed by atoms with Crippen LogP contribution in [0.3, 0.4) is 0 Å². The van der Waals surface area contributed by atoms with Crippen molar-refractivity contribution in [2.45, 2.75) is 51.7 Å². The Balaban J connectivity index is 2.07. The molecule has 21 heavy (non-hydrogen) atoms. The lowest BCUT2D eigenvalue weighted by Crippen LogP contribution is -2.40. The smallest absolute Gasteiger partial charge is 0.322 e. The zero-order valence-corrected chi connectivity index (χ0v) is 13.3. The first-order valence-corrected chi connectivity index (χ1v) is 7.47. The summed E-state index contributed by atoms with van der Waals surface area (Å²) in [6, 6.07) is 0.609. The van der Waals surface area contributed by atoms with E-state index in [0.29, 0.717) is 23.9 Å². The Morgan fingerprint density at radius 3 is 2.71 bits per heavy atom. The maximum Gasteiger partial charge on any atom is 0.322 e. The van der Waals surface area contributed by atoms with Crippen LogP contribution in [0.2, 0.25) is 0 Å². The van der Waals surface area contributed by atoms with E-state index in [1.807, 2.05) is 0 Å². The molecule has 0 radical (unpaired) electrons. The van der Waals surface area contributed by atoms with Crippen LogP contribution in [0.1, 0.15) is 40.0 Å². The molecule has 1 aromatic heterocycles. The van der Waals surface area contributed by atoms with Gasteiger partial charge in [0, 0.05) is 19.2 Å². The van der Waals surface area contributed by atoms with Gasteiger partial charge in [-0.15, -0.1) is 0 Å². The second-order valence-electron chi connectivity index (χ2n) is 5.84. The Labute approximate surface area is 125 Å². The summed E-state index contributed by atoms with van der Waals surface area (Å²) in [5.74, 6) is 1.08. The van der Waals surface area contributed by atoms with Crippen LogP contribution < -0.4 is 15.4 Å². The number of anilines is 2. The molecule has 1 saturated heterocycles. The van der Waals surface area contributed by atoms with Gasteiger partial charge in [0.25, 0.3) is 0 Å². The zero-order valence-electron chi connectivity index (χ0n) is 13.3. The van der Waals surface area contributed by atoms with Gasteiger partial charge in [-0.1, -0.05) is 6.92 Å². The van der Waals surface area contributed by atoms with Crippen molar-refractivity contribution in [3.8, 4) is 6.01 Å². The third kappa shape index (κ3) is 4.70. The standard InChI is InChI=1S/C14H25N5O2/c1-5-7-15-11-17-12(19-13(18-11)20-4)16-10-6-8-21-14(2,3)9-10/h10H,5-9H2,1-4H3,(H2,15,16,17,18,19). The summed E-state index contributed by atoms with van der Waals surface area (Å²) < 4.78 is 10.9. The van der Waals surface area contributed by atoms with E-state index in [2.05, 4.69) is 46.4 Å². The predicted molar refractivity (Wildman–Crippen MR) is 81.8 cm³/mol. The minimum atomic E-state index is -0.115. The van der Waals surface area contributed by atoms with Crippen molar-refractivity contribution in [2.24, 2.45) is 0 Å². The fraction of sp³-hybridized carbons (Fsp3) is 0.786. The summed E-state index contributed by atoms with van der Waals surface area (Å²) in [5.41, 5.74) is -0.115. The Morgan fingerprint density at radius 2 is 2.05 bits per heavy atom. The summed E-state index contributed by atoms with van der Waals surface area (Å²) in [7, 11) is 1.56. The monoisotopic (exact) mass is 295 g/mol. The van der Waals surface area contributed by atoms with E-state index in [1.54, 1.807) is 7.11 Å². The van der Waals surface area contributed by atoms with E-state index >= 15 is 0 Å². The van der Waals surface area contributed by atoms with Crippen LogP contribution in [0.4, 0.5) is 11.9 Å². The molecule has 0 aromatic carbocycles. The van der Waals surface area contributed by atoms with Gasteiger partial charge in [0.15, 0.2) is 0 Å². The zero-order chi connectivity index (χ0) is 15.3.